The van der Waals surface area contributed by atoms with Crippen molar-refractivity contribution in [2.75, 3.05) is 13.1 Å². The van der Waals surface area contributed by atoms with Crippen LogP contribution in [0.25, 0.3) is 0 Å². The lowest BCUT2D eigenvalue weighted by Crippen LogP contribution is -2.47. The third-order valence-corrected chi connectivity index (χ3v) is 4.12. The summed E-state index contributed by atoms with van der Waals surface area (Å²) in [5, 5.41) is 6.59. The van der Waals surface area contributed by atoms with E-state index >= 15 is 0 Å². The number of carbonyl (C=O) groups excluding carboxylic acids is 1. The molecule has 1 aliphatic heterocycles. The summed E-state index contributed by atoms with van der Waals surface area (Å²) in [4.78, 5) is 12.2. The minimum Gasteiger partial charge on any atom is -0.352 e. The molecule has 3 nitrogen and oxygen atoms in total. The molecule has 3 heteroatoms. The van der Waals surface area contributed by atoms with Gasteiger partial charge in [-0.3, -0.25) is 4.79 Å². The fourth-order valence-electron chi connectivity index (χ4n) is 3.01. The molecule has 2 fully saturated rings. The maximum Gasteiger partial charge on any atom is 0.223 e. The lowest BCUT2D eigenvalue weighted by molar-refractivity contribution is -0.126. The minimum atomic E-state index is 0.289. The molecule has 98 valence electrons. The molecule has 2 aliphatic rings. The lowest BCUT2D eigenvalue weighted by Gasteiger charge is -2.27. The predicted molar refractivity (Wildman–Crippen MR) is 69.8 cm³/mol. The number of carbonyl (C=O) groups is 1. The monoisotopic (exact) mass is 238 g/mol. The van der Waals surface area contributed by atoms with Crippen LogP contribution >= 0.6 is 0 Å². The second-order valence-corrected chi connectivity index (χ2v) is 5.59. The number of rotatable bonds is 2. The fourth-order valence-corrected chi connectivity index (χ4v) is 3.01. The SMILES string of the molecule is O=C(N[C@@H]1CCCNC1)C1CCCCCCC1. The number of amides is 1. The first-order valence-electron chi connectivity index (χ1n) is 7.37. The second-order valence-electron chi connectivity index (χ2n) is 5.59. The number of piperidine rings is 1. The zero-order chi connectivity index (χ0) is 11.9. The molecule has 0 bridgehead atoms. The summed E-state index contributed by atoms with van der Waals surface area (Å²) in [5.74, 6) is 0.609. The molecule has 0 aromatic heterocycles. The summed E-state index contributed by atoms with van der Waals surface area (Å²) in [7, 11) is 0. The Morgan fingerprint density at radius 1 is 0.941 bits per heavy atom. The van der Waals surface area contributed by atoms with E-state index in [0.717, 1.165) is 32.4 Å². The van der Waals surface area contributed by atoms with Crippen LogP contribution in [0, 0.1) is 5.92 Å². The third kappa shape index (κ3) is 4.30. The van der Waals surface area contributed by atoms with Gasteiger partial charge in [-0.25, -0.2) is 0 Å². The zero-order valence-electron chi connectivity index (χ0n) is 10.8. The van der Waals surface area contributed by atoms with E-state index in [4.69, 9.17) is 0 Å². The second kappa shape index (κ2) is 7.00. The lowest BCUT2D eigenvalue weighted by atomic mass is 9.90. The Hall–Kier alpha value is -0.570. The summed E-state index contributed by atoms with van der Waals surface area (Å²) < 4.78 is 0. The number of hydrogen-bond acceptors (Lipinski definition) is 2. The Morgan fingerprint density at radius 2 is 1.65 bits per heavy atom. The third-order valence-electron chi connectivity index (χ3n) is 4.12. The molecule has 0 spiro atoms. The predicted octanol–water partition coefficient (Wildman–Crippen LogP) is 2.22. The quantitative estimate of drug-likeness (QED) is 0.774. The van der Waals surface area contributed by atoms with Crippen molar-refractivity contribution in [1.82, 2.24) is 10.6 Å². The topological polar surface area (TPSA) is 41.1 Å². The summed E-state index contributed by atoms with van der Waals surface area (Å²) in [6.07, 6.45) is 11.0. The zero-order valence-corrected chi connectivity index (χ0v) is 10.8. The molecule has 2 rings (SSSR count). The molecule has 0 aromatic rings. The van der Waals surface area contributed by atoms with Gasteiger partial charge in [0.1, 0.15) is 0 Å². The van der Waals surface area contributed by atoms with Crippen molar-refractivity contribution in [2.45, 2.75) is 63.8 Å². The highest BCUT2D eigenvalue weighted by Crippen LogP contribution is 2.22. The van der Waals surface area contributed by atoms with Crippen LogP contribution in [0.15, 0.2) is 0 Å². The molecule has 1 amide bonds. The fraction of sp³-hybridized carbons (Fsp3) is 0.929. The van der Waals surface area contributed by atoms with Gasteiger partial charge in [0.15, 0.2) is 0 Å². The van der Waals surface area contributed by atoms with E-state index in [1.807, 2.05) is 0 Å². The summed E-state index contributed by atoms with van der Waals surface area (Å²) in [6, 6.07) is 0.377. The van der Waals surface area contributed by atoms with Crippen LogP contribution in [0.4, 0.5) is 0 Å². The molecule has 0 radical (unpaired) electrons. The van der Waals surface area contributed by atoms with E-state index in [-0.39, 0.29) is 5.92 Å². The van der Waals surface area contributed by atoms with Crippen molar-refractivity contribution in [2.24, 2.45) is 5.92 Å². The highest BCUT2D eigenvalue weighted by molar-refractivity contribution is 5.78. The Bertz CT molecular complexity index is 228. The normalized spacial score (nSPS) is 28.1. The van der Waals surface area contributed by atoms with Crippen LogP contribution in [0.2, 0.25) is 0 Å². The minimum absolute atomic E-state index is 0.289. The Balaban J connectivity index is 1.76. The molecular formula is C14H26N2O. The van der Waals surface area contributed by atoms with Crippen LogP contribution in [0.1, 0.15) is 57.8 Å². The van der Waals surface area contributed by atoms with Crippen LogP contribution in [0.3, 0.4) is 0 Å². The molecular weight excluding hydrogens is 212 g/mol. The number of hydrogen-bond donors (Lipinski definition) is 2. The van der Waals surface area contributed by atoms with Crippen molar-refractivity contribution in [3.05, 3.63) is 0 Å². The van der Waals surface area contributed by atoms with Gasteiger partial charge in [-0.1, -0.05) is 32.1 Å². The molecule has 1 atom stereocenters. The van der Waals surface area contributed by atoms with Crippen LogP contribution in [-0.2, 0) is 4.79 Å². The molecule has 17 heavy (non-hydrogen) atoms. The van der Waals surface area contributed by atoms with Crippen LogP contribution < -0.4 is 10.6 Å². The first kappa shape index (κ1) is 12.9. The van der Waals surface area contributed by atoms with E-state index in [2.05, 4.69) is 10.6 Å². The van der Waals surface area contributed by atoms with Crippen molar-refractivity contribution >= 4 is 5.91 Å². The Kier molecular flexibility index (Phi) is 5.30. The standard InChI is InChI=1S/C14H26N2O/c17-14(16-13-9-6-10-15-11-13)12-7-4-2-1-3-5-8-12/h12-13,15H,1-11H2,(H,16,17)/t13-/m1/s1. The first-order valence-corrected chi connectivity index (χ1v) is 7.37. The summed E-state index contributed by atoms with van der Waals surface area (Å²) >= 11 is 0. The highest BCUT2D eigenvalue weighted by atomic mass is 16.1. The van der Waals surface area contributed by atoms with Gasteiger partial charge in [-0.2, -0.15) is 0 Å². The Labute approximate surface area is 105 Å². The van der Waals surface area contributed by atoms with Gasteiger partial charge in [0.25, 0.3) is 0 Å². The average molecular weight is 238 g/mol. The van der Waals surface area contributed by atoms with Crippen LogP contribution in [0.5, 0.6) is 0 Å². The van der Waals surface area contributed by atoms with Crippen LogP contribution in [-0.4, -0.2) is 25.0 Å². The molecule has 1 saturated carbocycles. The van der Waals surface area contributed by atoms with Crippen molar-refractivity contribution in [1.29, 1.82) is 0 Å². The van der Waals surface area contributed by atoms with Gasteiger partial charge in [0.05, 0.1) is 0 Å². The van der Waals surface area contributed by atoms with Gasteiger partial charge in [-0.05, 0) is 32.2 Å². The van der Waals surface area contributed by atoms with Gasteiger partial charge in [-0.15, -0.1) is 0 Å². The van der Waals surface area contributed by atoms with Gasteiger partial charge >= 0.3 is 0 Å². The molecule has 1 saturated heterocycles. The van der Waals surface area contributed by atoms with E-state index in [0.29, 0.717) is 11.9 Å². The maximum atomic E-state index is 12.2. The van der Waals surface area contributed by atoms with Crippen molar-refractivity contribution < 1.29 is 4.79 Å². The first-order chi connectivity index (χ1) is 8.36. The van der Waals surface area contributed by atoms with Crippen molar-refractivity contribution in [3.8, 4) is 0 Å². The molecule has 0 unspecified atom stereocenters. The molecule has 2 N–H and O–H groups in total. The number of nitrogens with one attached hydrogen (secondary N) is 2. The summed E-state index contributed by atoms with van der Waals surface area (Å²) in [6.45, 7) is 2.06. The Morgan fingerprint density at radius 3 is 2.29 bits per heavy atom. The molecule has 0 aromatic carbocycles. The smallest absolute Gasteiger partial charge is 0.223 e. The van der Waals surface area contributed by atoms with Gasteiger partial charge in [0.2, 0.25) is 5.91 Å². The average Bonchev–Trinajstić information content (AvgIpc) is 2.29. The van der Waals surface area contributed by atoms with Gasteiger partial charge in [0, 0.05) is 18.5 Å². The molecule has 1 aliphatic carbocycles. The molecule has 1 heterocycles. The van der Waals surface area contributed by atoms with Gasteiger partial charge < -0.3 is 10.6 Å². The van der Waals surface area contributed by atoms with E-state index in [9.17, 15) is 4.79 Å². The summed E-state index contributed by atoms with van der Waals surface area (Å²) in [5.41, 5.74) is 0. The maximum absolute atomic E-state index is 12.2. The van der Waals surface area contributed by atoms with E-state index in [1.165, 1.54) is 38.5 Å². The largest absolute Gasteiger partial charge is 0.352 e. The highest BCUT2D eigenvalue weighted by Gasteiger charge is 2.22. The van der Waals surface area contributed by atoms with E-state index in [1.54, 1.807) is 0 Å². The van der Waals surface area contributed by atoms with E-state index < -0.39 is 0 Å². The van der Waals surface area contributed by atoms with Crippen molar-refractivity contribution in [3.63, 3.8) is 0 Å².